The van der Waals surface area contributed by atoms with Gasteiger partial charge in [-0.05, 0) is 32.0 Å². The summed E-state index contributed by atoms with van der Waals surface area (Å²) in [5, 5.41) is 3.40. The van der Waals surface area contributed by atoms with E-state index < -0.39 is 0 Å². The zero-order valence-corrected chi connectivity index (χ0v) is 10.7. The fourth-order valence-corrected chi connectivity index (χ4v) is 1.95. The minimum atomic E-state index is 0.711. The van der Waals surface area contributed by atoms with E-state index in [2.05, 4.69) is 21.3 Å². The molecule has 18 heavy (non-hydrogen) atoms. The molecule has 0 amide bonds. The normalized spacial score (nSPS) is 10.7. The van der Waals surface area contributed by atoms with Crippen LogP contribution in [0.2, 0.25) is 0 Å². The quantitative estimate of drug-likeness (QED) is 0.601. The van der Waals surface area contributed by atoms with Crippen molar-refractivity contribution in [3.8, 4) is 0 Å². The molecule has 4 nitrogen and oxygen atoms in total. The maximum atomic E-state index is 5.07. The van der Waals surface area contributed by atoms with Crippen molar-refractivity contribution in [1.29, 1.82) is 0 Å². The van der Waals surface area contributed by atoms with Gasteiger partial charge < -0.3 is 14.5 Å². The summed E-state index contributed by atoms with van der Waals surface area (Å²) in [7, 11) is 0. The summed E-state index contributed by atoms with van der Waals surface area (Å²) in [6, 6.07) is 6.05. The van der Waals surface area contributed by atoms with Gasteiger partial charge in [-0.2, -0.15) is 0 Å². The highest BCUT2D eigenvalue weighted by atomic mass is 16.5. The average Bonchev–Trinajstić information content (AvgIpc) is 2.70. The van der Waals surface area contributed by atoms with Crippen molar-refractivity contribution in [2.45, 2.75) is 19.9 Å². The van der Waals surface area contributed by atoms with Crippen LogP contribution in [0.1, 0.15) is 17.8 Å². The first-order chi connectivity index (χ1) is 8.83. The van der Waals surface area contributed by atoms with Gasteiger partial charge in [0.1, 0.15) is 5.65 Å². The number of nitrogens with one attached hydrogen (secondary N) is 1. The highest BCUT2D eigenvalue weighted by Gasteiger charge is 2.06. The van der Waals surface area contributed by atoms with Gasteiger partial charge in [0.25, 0.3) is 0 Å². The predicted octanol–water partition coefficient (Wildman–Crippen LogP) is 2.28. The number of ether oxygens (including phenoxy) is 1. The van der Waals surface area contributed by atoms with Gasteiger partial charge in [-0.1, -0.05) is 12.6 Å². The molecule has 1 N–H and O–H groups in total. The van der Waals surface area contributed by atoms with E-state index in [4.69, 9.17) is 4.74 Å². The first kappa shape index (κ1) is 12.6. The molecule has 2 aromatic rings. The molecule has 2 rings (SSSR count). The highest BCUT2D eigenvalue weighted by molar-refractivity contribution is 5.42. The molecule has 0 saturated carbocycles. The van der Waals surface area contributed by atoms with E-state index in [0.29, 0.717) is 6.61 Å². The van der Waals surface area contributed by atoms with Gasteiger partial charge in [-0.15, -0.1) is 0 Å². The van der Waals surface area contributed by atoms with Crippen molar-refractivity contribution in [3.63, 3.8) is 0 Å². The van der Waals surface area contributed by atoms with Gasteiger partial charge in [-0.3, -0.25) is 0 Å². The van der Waals surface area contributed by atoms with Crippen LogP contribution in [0.3, 0.4) is 0 Å². The topological polar surface area (TPSA) is 38.6 Å². The Morgan fingerprint density at radius 2 is 2.39 bits per heavy atom. The number of aryl methyl sites for hydroxylation is 1. The lowest BCUT2D eigenvalue weighted by Gasteiger charge is -2.05. The number of aromatic nitrogens is 2. The average molecular weight is 245 g/mol. The Bertz CT molecular complexity index is 519. The molecule has 2 aromatic heterocycles. The number of nitrogens with zero attached hydrogens (tertiary/aromatic N) is 2. The summed E-state index contributed by atoms with van der Waals surface area (Å²) in [5.41, 5.74) is 3.30. The predicted molar refractivity (Wildman–Crippen MR) is 72.4 cm³/mol. The number of hydrogen-bond acceptors (Lipinski definition) is 3. The molecule has 0 unspecified atom stereocenters. The molecule has 0 aliphatic carbocycles. The highest BCUT2D eigenvalue weighted by Crippen LogP contribution is 2.11. The van der Waals surface area contributed by atoms with Crippen molar-refractivity contribution < 1.29 is 4.74 Å². The lowest BCUT2D eigenvalue weighted by Crippen LogP contribution is -2.17. The molecule has 0 radical (unpaired) electrons. The Morgan fingerprint density at radius 1 is 1.50 bits per heavy atom. The molecule has 0 fully saturated rings. The largest absolute Gasteiger partial charge is 0.502 e. The molecule has 96 valence electrons. The summed E-state index contributed by atoms with van der Waals surface area (Å²) in [6.45, 7) is 8.02. The van der Waals surface area contributed by atoms with Crippen LogP contribution in [0.5, 0.6) is 0 Å². The van der Waals surface area contributed by atoms with Crippen LogP contribution >= 0.6 is 0 Å². The van der Waals surface area contributed by atoms with Crippen LogP contribution < -0.4 is 5.32 Å². The molecule has 0 bridgehead atoms. The van der Waals surface area contributed by atoms with Gasteiger partial charge in [0, 0.05) is 12.7 Å². The summed E-state index contributed by atoms with van der Waals surface area (Å²) >= 11 is 0. The van der Waals surface area contributed by atoms with Crippen LogP contribution in [-0.2, 0) is 11.3 Å². The van der Waals surface area contributed by atoms with Gasteiger partial charge in [0.05, 0.1) is 24.3 Å². The van der Waals surface area contributed by atoms with Crippen molar-refractivity contribution in [2.75, 3.05) is 13.2 Å². The minimum Gasteiger partial charge on any atom is -0.502 e. The smallest absolute Gasteiger partial charge is 0.137 e. The Morgan fingerprint density at radius 3 is 3.22 bits per heavy atom. The Balaban J connectivity index is 1.91. The zero-order valence-electron chi connectivity index (χ0n) is 10.7. The van der Waals surface area contributed by atoms with E-state index in [1.807, 2.05) is 31.3 Å². The second-order valence-electron chi connectivity index (χ2n) is 4.14. The molecular weight excluding hydrogens is 226 g/mol. The zero-order chi connectivity index (χ0) is 12.8. The van der Waals surface area contributed by atoms with E-state index in [0.717, 1.165) is 30.9 Å². The number of pyridine rings is 1. The fraction of sp³-hybridized carbons (Fsp3) is 0.357. The first-order valence-corrected chi connectivity index (χ1v) is 6.18. The third-order valence-corrected chi connectivity index (χ3v) is 2.86. The second kappa shape index (κ2) is 6.21. The monoisotopic (exact) mass is 245 g/mol. The van der Waals surface area contributed by atoms with Crippen molar-refractivity contribution in [3.05, 3.63) is 48.6 Å². The number of hydrogen-bond donors (Lipinski definition) is 1. The molecule has 4 heteroatoms. The van der Waals surface area contributed by atoms with Crippen LogP contribution in [-0.4, -0.2) is 22.5 Å². The van der Waals surface area contributed by atoms with Crippen LogP contribution in [0.4, 0.5) is 0 Å². The fourth-order valence-electron chi connectivity index (χ4n) is 1.95. The molecule has 0 saturated heterocycles. The SMILES string of the molecule is C=COCCCNCc1c(C)nc2ccccn12. The first-order valence-electron chi connectivity index (χ1n) is 6.18. The molecule has 2 heterocycles. The number of rotatable bonds is 7. The third-order valence-electron chi connectivity index (χ3n) is 2.86. The minimum absolute atomic E-state index is 0.711. The summed E-state index contributed by atoms with van der Waals surface area (Å²) in [5.74, 6) is 0. The van der Waals surface area contributed by atoms with Crippen LogP contribution in [0, 0.1) is 6.92 Å². The van der Waals surface area contributed by atoms with Crippen LogP contribution in [0.15, 0.2) is 37.2 Å². The summed E-state index contributed by atoms with van der Waals surface area (Å²) < 4.78 is 7.20. The molecule has 0 atom stereocenters. The van der Waals surface area contributed by atoms with E-state index in [1.165, 1.54) is 12.0 Å². The maximum Gasteiger partial charge on any atom is 0.137 e. The van der Waals surface area contributed by atoms with Gasteiger partial charge in [0.2, 0.25) is 0 Å². The van der Waals surface area contributed by atoms with E-state index in [-0.39, 0.29) is 0 Å². The van der Waals surface area contributed by atoms with Crippen molar-refractivity contribution in [2.24, 2.45) is 0 Å². The van der Waals surface area contributed by atoms with Crippen molar-refractivity contribution in [1.82, 2.24) is 14.7 Å². The molecule has 0 aromatic carbocycles. The number of fused-ring (bicyclic) bond motifs is 1. The molecule has 0 aliphatic heterocycles. The van der Waals surface area contributed by atoms with Crippen molar-refractivity contribution >= 4 is 5.65 Å². The third kappa shape index (κ3) is 2.90. The lowest BCUT2D eigenvalue weighted by molar-refractivity contribution is 0.244. The standard InChI is InChI=1S/C14H19N3O/c1-3-18-10-6-8-15-11-13-12(2)16-14-7-4-5-9-17(13)14/h3-5,7,9,15H,1,6,8,10-11H2,2H3. The van der Waals surface area contributed by atoms with E-state index in [1.54, 1.807) is 0 Å². The Hall–Kier alpha value is -1.81. The van der Waals surface area contributed by atoms with Gasteiger partial charge in [0.15, 0.2) is 0 Å². The second-order valence-corrected chi connectivity index (χ2v) is 4.14. The summed E-state index contributed by atoms with van der Waals surface area (Å²) in [4.78, 5) is 4.53. The van der Waals surface area contributed by atoms with E-state index >= 15 is 0 Å². The molecular formula is C14H19N3O. The number of imidazole rings is 1. The van der Waals surface area contributed by atoms with Gasteiger partial charge in [-0.25, -0.2) is 4.98 Å². The van der Waals surface area contributed by atoms with Gasteiger partial charge >= 0.3 is 0 Å². The maximum absolute atomic E-state index is 5.07. The molecule has 0 aliphatic rings. The Labute approximate surface area is 107 Å². The van der Waals surface area contributed by atoms with Crippen LogP contribution in [0.25, 0.3) is 5.65 Å². The van der Waals surface area contributed by atoms with E-state index in [9.17, 15) is 0 Å². The lowest BCUT2D eigenvalue weighted by atomic mass is 10.3. The summed E-state index contributed by atoms with van der Waals surface area (Å²) in [6.07, 6.45) is 4.50. The Kier molecular flexibility index (Phi) is 4.36. The molecule has 0 spiro atoms.